The summed E-state index contributed by atoms with van der Waals surface area (Å²) >= 11 is 12.0. The molecule has 0 radical (unpaired) electrons. The highest BCUT2D eigenvalue weighted by atomic mass is 35.5. The standard InChI is InChI=1S/C13H17Cl2NO3S/c1-3-7-20(18,19)8-12(17)16-9(2)10-5-4-6-11(14)13(10)15/h4-6,9H,3,7-8H2,1-2H3,(H,16,17). The van der Waals surface area contributed by atoms with Gasteiger partial charge in [-0.2, -0.15) is 0 Å². The van der Waals surface area contributed by atoms with E-state index in [0.29, 0.717) is 22.0 Å². The Morgan fingerprint density at radius 3 is 2.60 bits per heavy atom. The Morgan fingerprint density at radius 2 is 2.00 bits per heavy atom. The van der Waals surface area contributed by atoms with Crippen LogP contribution >= 0.6 is 23.2 Å². The molecule has 112 valence electrons. The summed E-state index contributed by atoms with van der Waals surface area (Å²) in [7, 11) is -3.35. The lowest BCUT2D eigenvalue weighted by Gasteiger charge is -2.16. The molecule has 1 atom stereocenters. The minimum absolute atomic E-state index is 0.00667. The molecule has 0 fully saturated rings. The first-order valence-corrected chi connectivity index (χ1v) is 8.78. The second-order valence-electron chi connectivity index (χ2n) is 4.52. The molecule has 0 aliphatic rings. The molecule has 1 aromatic carbocycles. The molecule has 1 amide bonds. The summed E-state index contributed by atoms with van der Waals surface area (Å²) < 4.78 is 23.1. The summed E-state index contributed by atoms with van der Waals surface area (Å²) in [6.07, 6.45) is 0.491. The molecule has 0 bridgehead atoms. The Kier molecular flexibility index (Phi) is 6.30. The van der Waals surface area contributed by atoms with Crippen LogP contribution in [0.1, 0.15) is 31.9 Å². The topological polar surface area (TPSA) is 63.2 Å². The van der Waals surface area contributed by atoms with E-state index in [-0.39, 0.29) is 5.75 Å². The molecule has 0 spiro atoms. The monoisotopic (exact) mass is 337 g/mol. The molecular weight excluding hydrogens is 321 g/mol. The molecule has 0 aromatic heterocycles. The first-order valence-electron chi connectivity index (χ1n) is 6.20. The van der Waals surface area contributed by atoms with Crippen molar-refractivity contribution in [2.45, 2.75) is 26.3 Å². The predicted octanol–water partition coefficient (Wildman–Crippen LogP) is 3.00. The van der Waals surface area contributed by atoms with Crippen molar-refractivity contribution in [2.75, 3.05) is 11.5 Å². The number of amides is 1. The third kappa shape index (κ3) is 4.96. The van der Waals surface area contributed by atoms with Crippen LogP contribution in [0.25, 0.3) is 0 Å². The van der Waals surface area contributed by atoms with Crippen LogP contribution < -0.4 is 5.32 Å². The highest BCUT2D eigenvalue weighted by Crippen LogP contribution is 2.29. The molecule has 1 rings (SSSR count). The van der Waals surface area contributed by atoms with Gasteiger partial charge in [0.25, 0.3) is 0 Å². The molecule has 0 aliphatic heterocycles. The summed E-state index contributed by atoms with van der Waals surface area (Å²) in [4.78, 5) is 11.7. The maximum absolute atomic E-state index is 11.7. The zero-order valence-electron chi connectivity index (χ0n) is 11.3. The molecule has 1 aromatic rings. The smallest absolute Gasteiger partial charge is 0.235 e. The van der Waals surface area contributed by atoms with Crippen LogP contribution in [0.2, 0.25) is 10.0 Å². The summed E-state index contributed by atoms with van der Waals surface area (Å²) in [5.41, 5.74) is 0.653. The normalized spacial score (nSPS) is 13.0. The third-order valence-electron chi connectivity index (χ3n) is 2.69. The summed E-state index contributed by atoms with van der Waals surface area (Å²) in [6.45, 7) is 3.48. The number of nitrogens with one attached hydrogen (secondary N) is 1. The van der Waals surface area contributed by atoms with E-state index in [1.807, 2.05) is 0 Å². The average Bonchev–Trinajstić information content (AvgIpc) is 2.31. The third-order valence-corrected chi connectivity index (χ3v) is 5.26. The van der Waals surface area contributed by atoms with Crippen molar-refractivity contribution in [3.8, 4) is 0 Å². The zero-order valence-corrected chi connectivity index (χ0v) is 13.6. The number of benzene rings is 1. The van der Waals surface area contributed by atoms with E-state index in [4.69, 9.17) is 23.2 Å². The van der Waals surface area contributed by atoms with Crippen LogP contribution in [0.4, 0.5) is 0 Å². The number of sulfone groups is 1. The van der Waals surface area contributed by atoms with Crippen molar-refractivity contribution < 1.29 is 13.2 Å². The highest BCUT2D eigenvalue weighted by Gasteiger charge is 2.19. The average molecular weight is 338 g/mol. The minimum Gasteiger partial charge on any atom is -0.349 e. The number of hydrogen-bond donors (Lipinski definition) is 1. The number of carbonyl (C=O) groups excluding carboxylic acids is 1. The van der Waals surface area contributed by atoms with Gasteiger partial charge in [0.05, 0.1) is 21.8 Å². The number of hydrogen-bond acceptors (Lipinski definition) is 3. The second kappa shape index (κ2) is 7.29. The van der Waals surface area contributed by atoms with Crippen molar-refractivity contribution in [2.24, 2.45) is 0 Å². The lowest BCUT2D eigenvalue weighted by molar-refractivity contribution is -0.119. The van der Waals surface area contributed by atoms with Gasteiger partial charge in [-0.25, -0.2) is 8.42 Å². The Balaban J connectivity index is 2.74. The summed E-state index contributed by atoms with van der Waals surface area (Å²) in [6, 6.07) is 4.69. The van der Waals surface area contributed by atoms with Gasteiger partial charge in [0.15, 0.2) is 9.84 Å². The fraction of sp³-hybridized carbons (Fsp3) is 0.462. The van der Waals surface area contributed by atoms with Crippen molar-refractivity contribution in [3.05, 3.63) is 33.8 Å². The number of halogens is 2. The fourth-order valence-corrected chi connectivity index (χ4v) is 3.52. The van der Waals surface area contributed by atoms with Gasteiger partial charge in [-0.1, -0.05) is 42.3 Å². The largest absolute Gasteiger partial charge is 0.349 e. The van der Waals surface area contributed by atoms with Gasteiger partial charge in [0.1, 0.15) is 5.75 Å². The lowest BCUT2D eigenvalue weighted by atomic mass is 10.1. The second-order valence-corrected chi connectivity index (χ2v) is 7.49. The SMILES string of the molecule is CCCS(=O)(=O)CC(=O)NC(C)c1cccc(Cl)c1Cl. The van der Waals surface area contributed by atoms with Crippen LogP contribution in [0, 0.1) is 0 Å². The molecule has 1 N–H and O–H groups in total. The maximum atomic E-state index is 11.7. The quantitative estimate of drug-likeness (QED) is 0.867. The van der Waals surface area contributed by atoms with Crippen LogP contribution in [0.15, 0.2) is 18.2 Å². The summed E-state index contributed by atoms with van der Waals surface area (Å²) in [5.74, 6) is -1.04. The van der Waals surface area contributed by atoms with Crippen molar-refractivity contribution in [3.63, 3.8) is 0 Å². The molecule has 1 unspecified atom stereocenters. The van der Waals surface area contributed by atoms with Crippen LogP contribution in [-0.4, -0.2) is 25.8 Å². The first-order chi connectivity index (χ1) is 9.26. The van der Waals surface area contributed by atoms with Gasteiger partial charge in [0.2, 0.25) is 5.91 Å². The molecule has 0 saturated heterocycles. The van der Waals surface area contributed by atoms with Crippen molar-refractivity contribution in [1.82, 2.24) is 5.32 Å². The molecule has 7 heteroatoms. The van der Waals surface area contributed by atoms with E-state index < -0.39 is 27.5 Å². The maximum Gasteiger partial charge on any atom is 0.235 e. The Bertz CT molecular complexity index is 587. The first kappa shape index (κ1) is 17.3. The lowest BCUT2D eigenvalue weighted by Crippen LogP contribution is -2.33. The molecule has 0 aliphatic carbocycles. The summed E-state index contributed by atoms with van der Waals surface area (Å²) in [5, 5.41) is 3.37. The Labute approximate surface area is 129 Å². The fourth-order valence-electron chi connectivity index (χ4n) is 1.80. The van der Waals surface area contributed by atoms with Crippen molar-refractivity contribution >= 4 is 38.9 Å². The van der Waals surface area contributed by atoms with Gasteiger partial charge in [-0.3, -0.25) is 4.79 Å². The van der Waals surface area contributed by atoms with E-state index in [2.05, 4.69) is 5.32 Å². The van der Waals surface area contributed by atoms with E-state index in [1.165, 1.54) is 0 Å². The molecular formula is C13H17Cl2NO3S. The van der Waals surface area contributed by atoms with E-state index in [0.717, 1.165) is 0 Å². The number of carbonyl (C=O) groups is 1. The van der Waals surface area contributed by atoms with E-state index in [1.54, 1.807) is 32.0 Å². The molecule has 0 saturated carbocycles. The highest BCUT2D eigenvalue weighted by molar-refractivity contribution is 7.92. The van der Waals surface area contributed by atoms with Crippen LogP contribution in [0.5, 0.6) is 0 Å². The van der Waals surface area contributed by atoms with E-state index >= 15 is 0 Å². The van der Waals surface area contributed by atoms with E-state index in [9.17, 15) is 13.2 Å². The molecule has 20 heavy (non-hydrogen) atoms. The number of rotatable bonds is 6. The Morgan fingerprint density at radius 1 is 1.35 bits per heavy atom. The Hall–Kier alpha value is -0.780. The van der Waals surface area contributed by atoms with Crippen LogP contribution in [-0.2, 0) is 14.6 Å². The van der Waals surface area contributed by atoms with Gasteiger partial charge < -0.3 is 5.32 Å². The zero-order chi connectivity index (χ0) is 15.3. The molecule has 4 nitrogen and oxygen atoms in total. The predicted molar refractivity (Wildman–Crippen MR) is 82.0 cm³/mol. The van der Waals surface area contributed by atoms with Gasteiger partial charge >= 0.3 is 0 Å². The molecule has 0 heterocycles. The van der Waals surface area contributed by atoms with Crippen LogP contribution in [0.3, 0.4) is 0 Å². The minimum atomic E-state index is -3.35. The van der Waals surface area contributed by atoms with Crippen molar-refractivity contribution in [1.29, 1.82) is 0 Å². The van der Waals surface area contributed by atoms with Gasteiger partial charge in [0, 0.05) is 0 Å². The van der Waals surface area contributed by atoms with Gasteiger partial charge in [-0.15, -0.1) is 0 Å². The van der Waals surface area contributed by atoms with Gasteiger partial charge in [-0.05, 0) is 25.0 Å².